The van der Waals surface area contributed by atoms with E-state index >= 15 is 0 Å². The van der Waals surface area contributed by atoms with Gasteiger partial charge in [0.25, 0.3) is 5.89 Å². The van der Waals surface area contributed by atoms with Gasteiger partial charge in [0.15, 0.2) is 5.82 Å². The van der Waals surface area contributed by atoms with Gasteiger partial charge in [0.05, 0.1) is 0 Å². The van der Waals surface area contributed by atoms with Crippen LogP contribution in [0.2, 0.25) is 0 Å². The van der Waals surface area contributed by atoms with Crippen LogP contribution < -0.4 is 5.32 Å². The first kappa shape index (κ1) is 13.2. The zero-order valence-corrected chi connectivity index (χ0v) is 12.1. The smallest absolute Gasteiger partial charge is 0.257 e. The highest BCUT2D eigenvalue weighted by molar-refractivity contribution is 5.58. The largest absolute Gasteiger partial charge is 0.388 e. The summed E-state index contributed by atoms with van der Waals surface area (Å²) < 4.78 is 5.42. The molecule has 106 valence electrons. The highest BCUT2D eigenvalue weighted by atomic mass is 16.5. The second-order valence-electron chi connectivity index (χ2n) is 5.74. The summed E-state index contributed by atoms with van der Waals surface area (Å²) in [6.45, 7) is 2.32. The lowest BCUT2D eigenvalue weighted by atomic mass is 9.83. The van der Waals surface area contributed by atoms with Gasteiger partial charge in [-0.2, -0.15) is 4.98 Å². The maximum Gasteiger partial charge on any atom is 0.257 e. The zero-order valence-electron chi connectivity index (χ0n) is 12.1. The first-order chi connectivity index (χ1) is 9.76. The number of benzene rings is 1. The highest BCUT2D eigenvalue weighted by Crippen LogP contribution is 2.34. The summed E-state index contributed by atoms with van der Waals surface area (Å²) >= 11 is 0. The van der Waals surface area contributed by atoms with E-state index in [1.54, 1.807) is 0 Å². The minimum absolute atomic E-state index is 0.472. The Balaban J connectivity index is 1.75. The Kier molecular flexibility index (Phi) is 3.72. The Morgan fingerprint density at radius 2 is 1.80 bits per heavy atom. The Labute approximate surface area is 119 Å². The van der Waals surface area contributed by atoms with Crippen molar-refractivity contribution in [3.8, 4) is 11.5 Å². The van der Waals surface area contributed by atoms with Gasteiger partial charge in [-0.05, 0) is 43.0 Å². The van der Waals surface area contributed by atoms with Crippen molar-refractivity contribution >= 4 is 5.69 Å². The SMILES string of the molecule is CNc1ccc(-c2nc(C3CCC(C)CC3)no2)cc1. The highest BCUT2D eigenvalue weighted by Gasteiger charge is 2.24. The van der Waals surface area contributed by atoms with Gasteiger partial charge in [-0.25, -0.2) is 0 Å². The van der Waals surface area contributed by atoms with Crippen molar-refractivity contribution in [1.29, 1.82) is 0 Å². The summed E-state index contributed by atoms with van der Waals surface area (Å²) in [4.78, 5) is 4.59. The molecule has 2 aromatic rings. The predicted molar refractivity (Wildman–Crippen MR) is 79.7 cm³/mol. The van der Waals surface area contributed by atoms with E-state index in [2.05, 4.69) is 22.4 Å². The van der Waals surface area contributed by atoms with Crippen LogP contribution in [0.4, 0.5) is 5.69 Å². The van der Waals surface area contributed by atoms with Crippen molar-refractivity contribution in [2.24, 2.45) is 5.92 Å². The molecule has 0 atom stereocenters. The molecule has 1 aromatic carbocycles. The van der Waals surface area contributed by atoms with Crippen LogP contribution in [0.25, 0.3) is 11.5 Å². The lowest BCUT2D eigenvalue weighted by molar-refractivity contribution is 0.329. The monoisotopic (exact) mass is 271 g/mol. The van der Waals surface area contributed by atoms with Gasteiger partial charge in [0.1, 0.15) is 0 Å². The van der Waals surface area contributed by atoms with E-state index in [4.69, 9.17) is 4.52 Å². The molecule has 1 aromatic heterocycles. The molecule has 20 heavy (non-hydrogen) atoms. The van der Waals surface area contributed by atoms with Crippen LogP contribution in [0.5, 0.6) is 0 Å². The standard InChI is InChI=1S/C16H21N3O/c1-11-3-5-12(6-4-11)15-18-16(20-19-15)13-7-9-14(17-2)10-8-13/h7-12,17H,3-6H2,1-2H3. The number of rotatable bonds is 3. The van der Waals surface area contributed by atoms with Crippen molar-refractivity contribution in [3.63, 3.8) is 0 Å². The fourth-order valence-electron chi connectivity index (χ4n) is 2.82. The van der Waals surface area contributed by atoms with Gasteiger partial charge in [-0.15, -0.1) is 0 Å². The van der Waals surface area contributed by atoms with Crippen LogP contribution in [-0.2, 0) is 0 Å². The van der Waals surface area contributed by atoms with Crippen LogP contribution in [0.15, 0.2) is 28.8 Å². The van der Waals surface area contributed by atoms with E-state index in [9.17, 15) is 0 Å². The number of hydrogen-bond acceptors (Lipinski definition) is 4. The van der Waals surface area contributed by atoms with Gasteiger partial charge in [0.2, 0.25) is 0 Å². The Bertz CT molecular complexity index is 553. The molecule has 0 bridgehead atoms. The minimum Gasteiger partial charge on any atom is -0.388 e. The lowest BCUT2D eigenvalue weighted by Gasteiger charge is -2.23. The fourth-order valence-corrected chi connectivity index (χ4v) is 2.82. The summed E-state index contributed by atoms with van der Waals surface area (Å²) in [7, 11) is 1.91. The predicted octanol–water partition coefficient (Wildman–Crippen LogP) is 4.07. The van der Waals surface area contributed by atoms with Gasteiger partial charge >= 0.3 is 0 Å². The second kappa shape index (κ2) is 5.65. The third-order valence-corrected chi connectivity index (χ3v) is 4.24. The molecule has 0 radical (unpaired) electrons. The molecule has 4 heteroatoms. The maximum absolute atomic E-state index is 5.42. The molecule has 1 N–H and O–H groups in total. The van der Waals surface area contributed by atoms with Crippen molar-refractivity contribution in [1.82, 2.24) is 10.1 Å². The molecule has 0 spiro atoms. The molecule has 1 aliphatic rings. The molecule has 4 nitrogen and oxygen atoms in total. The molecule has 1 aliphatic carbocycles. The summed E-state index contributed by atoms with van der Waals surface area (Å²) in [6.07, 6.45) is 4.90. The summed E-state index contributed by atoms with van der Waals surface area (Å²) in [5.41, 5.74) is 2.06. The normalized spacial score (nSPS) is 22.7. The van der Waals surface area contributed by atoms with E-state index in [1.807, 2.05) is 31.3 Å². The molecule has 0 unspecified atom stereocenters. The Morgan fingerprint density at radius 3 is 2.45 bits per heavy atom. The molecule has 0 saturated heterocycles. The van der Waals surface area contributed by atoms with Crippen LogP contribution >= 0.6 is 0 Å². The van der Waals surface area contributed by atoms with Gasteiger partial charge in [-0.1, -0.05) is 24.9 Å². The van der Waals surface area contributed by atoms with Crippen molar-refractivity contribution in [3.05, 3.63) is 30.1 Å². The average Bonchev–Trinajstić information content (AvgIpc) is 2.98. The third-order valence-electron chi connectivity index (χ3n) is 4.24. The van der Waals surface area contributed by atoms with E-state index < -0.39 is 0 Å². The van der Waals surface area contributed by atoms with Crippen LogP contribution in [-0.4, -0.2) is 17.2 Å². The fraction of sp³-hybridized carbons (Fsp3) is 0.500. The van der Waals surface area contributed by atoms with Gasteiger partial charge < -0.3 is 9.84 Å². The van der Waals surface area contributed by atoms with Crippen molar-refractivity contribution in [2.75, 3.05) is 12.4 Å². The molecular formula is C16H21N3O. The summed E-state index contributed by atoms with van der Waals surface area (Å²) in [6, 6.07) is 8.04. The Morgan fingerprint density at radius 1 is 1.10 bits per heavy atom. The molecule has 1 heterocycles. The van der Waals surface area contributed by atoms with Crippen LogP contribution in [0.1, 0.15) is 44.3 Å². The molecule has 1 fully saturated rings. The number of aromatic nitrogens is 2. The zero-order chi connectivity index (χ0) is 13.9. The van der Waals surface area contributed by atoms with Crippen LogP contribution in [0, 0.1) is 5.92 Å². The minimum atomic E-state index is 0.472. The molecule has 0 aliphatic heterocycles. The van der Waals surface area contributed by atoms with E-state index in [0.717, 1.165) is 23.0 Å². The first-order valence-electron chi connectivity index (χ1n) is 7.38. The number of nitrogens with one attached hydrogen (secondary N) is 1. The van der Waals surface area contributed by atoms with Gasteiger partial charge in [0, 0.05) is 24.2 Å². The first-order valence-corrected chi connectivity index (χ1v) is 7.38. The maximum atomic E-state index is 5.42. The third kappa shape index (κ3) is 2.69. The van der Waals surface area contributed by atoms with Gasteiger partial charge in [-0.3, -0.25) is 0 Å². The van der Waals surface area contributed by atoms with Crippen LogP contribution in [0.3, 0.4) is 0 Å². The summed E-state index contributed by atoms with van der Waals surface area (Å²) in [5, 5.41) is 7.28. The number of nitrogens with zero attached hydrogens (tertiary/aromatic N) is 2. The molecular weight excluding hydrogens is 250 g/mol. The van der Waals surface area contributed by atoms with E-state index in [1.165, 1.54) is 25.7 Å². The second-order valence-corrected chi connectivity index (χ2v) is 5.74. The molecule has 1 saturated carbocycles. The lowest BCUT2D eigenvalue weighted by Crippen LogP contribution is -2.11. The topological polar surface area (TPSA) is 51.0 Å². The van der Waals surface area contributed by atoms with E-state index in [0.29, 0.717) is 11.8 Å². The van der Waals surface area contributed by atoms with E-state index in [-0.39, 0.29) is 0 Å². The number of hydrogen-bond donors (Lipinski definition) is 1. The van der Waals surface area contributed by atoms with Crippen molar-refractivity contribution < 1.29 is 4.52 Å². The molecule has 3 rings (SSSR count). The average molecular weight is 271 g/mol. The number of anilines is 1. The Hall–Kier alpha value is -1.84. The van der Waals surface area contributed by atoms with Crippen molar-refractivity contribution in [2.45, 2.75) is 38.5 Å². The molecule has 0 amide bonds. The quantitative estimate of drug-likeness (QED) is 0.914. The summed E-state index contributed by atoms with van der Waals surface area (Å²) in [5.74, 6) is 2.82.